The molecule has 0 amide bonds. The standard InChI is InChI=1S/C11H14ClNO2S/c1-7(6-16-2)13-8-3-4-9(11(14)15)10(12)5-8/h3-5,7,13H,6H2,1-2H3,(H,14,15). The topological polar surface area (TPSA) is 49.3 Å². The number of nitrogens with one attached hydrogen (secondary N) is 1. The summed E-state index contributed by atoms with van der Waals surface area (Å²) in [6, 6.07) is 5.20. The molecular weight excluding hydrogens is 246 g/mol. The maximum atomic E-state index is 10.7. The Bertz CT molecular complexity index is 384. The van der Waals surface area contributed by atoms with Crippen LogP contribution in [0.2, 0.25) is 5.02 Å². The van der Waals surface area contributed by atoms with Gasteiger partial charge in [0.1, 0.15) is 0 Å². The van der Waals surface area contributed by atoms with Gasteiger partial charge in [-0.2, -0.15) is 11.8 Å². The molecule has 0 spiro atoms. The molecule has 0 saturated carbocycles. The Morgan fingerprint density at radius 1 is 1.62 bits per heavy atom. The summed E-state index contributed by atoms with van der Waals surface area (Å²) in [5.74, 6) is -0.0214. The van der Waals surface area contributed by atoms with E-state index in [1.165, 1.54) is 6.07 Å². The van der Waals surface area contributed by atoms with E-state index in [2.05, 4.69) is 12.2 Å². The van der Waals surface area contributed by atoms with Gasteiger partial charge in [0.2, 0.25) is 0 Å². The van der Waals surface area contributed by atoms with E-state index in [0.29, 0.717) is 6.04 Å². The molecule has 88 valence electrons. The average Bonchev–Trinajstić information content (AvgIpc) is 2.17. The van der Waals surface area contributed by atoms with Crippen molar-refractivity contribution in [2.45, 2.75) is 13.0 Å². The lowest BCUT2D eigenvalue weighted by Crippen LogP contribution is -2.17. The van der Waals surface area contributed by atoms with Crippen LogP contribution in [0.3, 0.4) is 0 Å². The van der Waals surface area contributed by atoms with E-state index >= 15 is 0 Å². The molecule has 0 saturated heterocycles. The van der Waals surface area contributed by atoms with Crippen LogP contribution in [0.15, 0.2) is 18.2 Å². The summed E-state index contributed by atoms with van der Waals surface area (Å²) in [7, 11) is 0. The third kappa shape index (κ3) is 3.61. The average molecular weight is 260 g/mol. The number of hydrogen-bond acceptors (Lipinski definition) is 3. The summed E-state index contributed by atoms with van der Waals surface area (Å²) >= 11 is 7.61. The van der Waals surface area contributed by atoms with E-state index in [4.69, 9.17) is 16.7 Å². The second kappa shape index (κ2) is 6.01. The molecule has 0 radical (unpaired) electrons. The van der Waals surface area contributed by atoms with Crippen LogP contribution in [0.25, 0.3) is 0 Å². The molecule has 5 heteroatoms. The Hall–Kier alpha value is -0.870. The highest BCUT2D eigenvalue weighted by Crippen LogP contribution is 2.21. The quantitative estimate of drug-likeness (QED) is 0.853. The van der Waals surface area contributed by atoms with Gasteiger partial charge in [-0.1, -0.05) is 11.6 Å². The lowest BCUT2D eigenvalue weighted by Gasteiger charge is -2.14. The molecule has 1 rings (SSSR count). The molecule has 0 heterocycles. The number of benzene rings is 1. The summed E-state index contributed by atoms with van der Waals surface area (Å²) in [6.07, 6.45) is 2.04. The first-order chi connectivity index (χ1) is 7.54. The zero-order valence-corrected chi connectivity index (χ0v) is 10.7. The number of carboxylic acids is 1. The fourth-order valence-electron chi connectivity index (χ4n) is 1.35. The van der Waals surface area contributed by atoms with Gasteiger partial charge < -0.3 is 10.4 Å². The fourth-order valence-corrected chi connectivity index (χ4v) is 2.20. The van der Waals surface area contributed by atoms with Crippen LogP contribution >= 0.6 is 23.4 Å². The van der Waals surface area contributed by atoms with Crippen LogP contribution in [0.5, 0.6) is 0 Å². The number of hydrogen-bond donors (Lipinski definition) is 2. The third-order valence-corrected chi connectivity index (χ3v) is 3.18. The molecule has 0 aromatic heterocycles. The molecule has 16 heavy (non-hydrogen) atoms. The molecule has 3 nitrogen and oxygen atoms in total. The highest BCUT2D eigenvalue weighted by Gasteiger charge is 2.09. The predicted octanol–water partition coefficient (Wildman–Crippen LogP) is 3.20. The van der Waals surface area contributed by atoms with Gasteiger partial charge in [0.05, 0.1) is 10.6 Å². The maximum absolute atomic E-state index is 10.7. The SMILES string of the molecule is CSCC(C)Nc1ccc(C(=O)O)c(Cl)c1. The van der Waals surface area contributed by atoms with Gasteiger partial charge in [-0.15, -0.1) is 0 Å². The Morgan fingerprint density at radius 2 is 2.31 bits per heavy atom. The summed E-state index contributed by atoms with van der Waals surface area (Å²) in [6.45, 7) is 2.06. The predicted molar refractivity (Wildman–Crippen MR) is 69.9 cm³/mol. The van der Waals surface area contributed by atoms with Crippen molar-refractivity contribution in [3.63, 3.8) is 0 Å². The second-order valence-electron chi connectivity index (χ2n) is 3.50. The van der Waals surface area contributed by atoms with Gasteiger partial charge in [-0.3, -0.25) is 0 Å². The number of halogens is 1. The first-order valence-corrected chi connectivity index (χ1v) is 6.60. The molecule has 1 aromatic rings. The minimum absolute atomic E-state index is 0.129. The van der Waals surface area contributed by atoms with Crippen molar-refractivity contribution in [3.8, 4) is 0 Å². The van der Waals surface area contributed by atoms with E-state index in [1.54, 1.807) is 23.9 Å². The third-order valence-electron chi connectivity index (χ3n) is 2.03. The van der Waals surface area contributed by atoms with Gasteiger partial charge in [0, 0.05) is 17.5 Å². The summed E-state index contributed by atoms with van der Waals surface area (Å²) in [4.78, 5) is 10.7. The van der Waals surface area contributed by atoms with Crippen LogP contribution < -0.4 is 5.32 Å². The smallest absolute Gasteiger partial charge is 0.337 e. The van der Waals surface area contributed by atoms with Crippen LogP contribution in [0.1, 0.15) is 17.3 Å². The zero-order valence-electron chi connectivity index (χ0n) is 9.16. The molecular formula is C11H14ClNO2S. The van der Waals surface area contributed by atoms with E-state index < -0.39 is 5.97 Å². The van der Waals surface area contributed by atoms with Gasteiger partial charge in [-0.05, 0) is 31.4 Å². The Kier molecular flexibility index (Phi) is 4.96. The zero-order chi connectivity index (χ0) is 12.1. The summed E-state index contributed by atoms with van der Waals surface area (Å²) in [5.41, 5.74) is 0.973. The van der Waals surface area contributed by atoms with Gasteiger partial charge >= 0.3 is 5.97 Å². The molecule has 1 aromatic carbocycles. The summed E-state index contributed by atoms with van der Waals surface area (Å²) < 4.78 is 0. The Morgan fingerprint density at radius 3 is 2.81 bits per heavy atom. The van der Waals surface area contributed by atoms with E-state index in [1.807, 2.05) is 6.26 Å². The van der Waals surface area contributed by atoms with Crippen molar-refractivity contribution < 1.29 is 9.90 Å². The first-order valence-electron chi connectivity index (χ1n) is 4.83. The van der Waals surface area contributed by atoms with Crippen LogP contribution in [-0.4, -0.2) is 29.1 Å². The number of rotatable bonds is 5. The molecule has 1 unspecified atom stereocenters. The number of carboxylic acid groups (broad SMARTS) is 1. The van der Waals surface area contributed by atoms with Crippen molar-refractivity contribution >= 4 is 35.0 Å². The van der Waals surface area contributed by atoms with E-state index in [9.17, 15) is 4.79 Å². The highest BCUT2D eigenvalue weighted by atomic mass is 35.5. The number of anilines is 1. The van der Waals surface area contributed by atoms with Gasteiger partial charge in [0.25, 0.3) is 0 Å². The molecule has 0 aliphatic rings. The minimum atomic E-state index is -1.01. The number of thioether (sulfide) groups is 1. The number of carbonyl (C=O) groups is 1. The first kappa shape index (κ1) is 13.2. The molecule has 0 aliphatic carbocycles. The van der Waals surface area contributed by atoms with Crippen LogP contribution in [-0.2, 0) is 0 Å². The second-order valence-corrected chi connectivity index (χ2v) is 4.82. The van der Waals surface area contributed by atoms with Crippen LogP contribution in [0, 0.1) is 0 Å². The monoisotopic (exact) mass is 259 g/mol. The fraction of sp³-hybridized carbons (Fsp3) is 0.364. The molecule has 0 bridgehead atoms. The highest BCUT2D eigenvalue weighted by molar-refractivity contribution is 7.98. The summed E-state index contributed by atoms with van der Waals surface area (Å²) in [5, 5.41) is 12.3. The number of aromatic carboxylic acids is 1. The van der Waals surface area contributed by atoms with E-state index in [0.717, 1.165) is 11.4 Å². The molecule has 0 aliphatic heterocycles. The van der Waals surface area contributed by atoms with Crippen molar-refractivity contribution in [1.82, 2.24) is 0 Å². The largest absolute Gasteiger partial charge is 0.478 e. The van der Waals surface area contributed by atoms with E-state index in [-0.39, 0.29) is 10.6 Å². The Labute approximate surface area is 104 Å². The van der Waals surface area contributed by atoms with Crippen molar-refractivity contribution in [3.05, 3.63) is 28.8 Å². The normalized spacial score (nSPS) is 12.2. The van der Waals surface area contributed by atoms with Gasteiger partial charge in [-0.25, -0.2) is 4.79 Å². The molecule has 1 atom stereocenters. The van der Waals surface area contributed by atoms with Gasteiger partial charge in [0.15, 0.2) is 0 Å². The lowest BCUT2D eigenvalue weighted by molar-refractivity contribution is 0.0697. The minimum Gasteiger partial charge on any atom is -0.478 e. The maximum Gasteiger partial charge on any atom is 0.337 e. The lowest BCUT2D eigenvalue weighted by atomic mass is 10.2. The van der Waals surface area contributed by atoms with Crippen LogP contribution in [0.4, 0.5) is 5.69 Å². The van der Waals surface area contributed by atoms with Crippen molar-refractivity contribution in [1.29, 1.82) is 0 Å². The Balaban J connectivity index is 2.77. The molecule has 0 fully saturated rings. The van der Waals surface area contributed by atoms with Crippen molar-refractivity contribution in [2.24, 2.45) is 0 Å². The van der Waals surface area contributed by atoms with Crippen molar-refractivity contribution in [2.75, 3.05) is 17.3 Å². The molecule has 2 N–H and O–H groups in total.